The lowest BCUT2D eigenvalue weighted by Crippen LogP contribution is -2.47. The van der Waals surface area contributed by atoms with Crippen LogP contribution in [0.4, 0.5) is 11.6 Å². The fourth-order valence-electron chi connectivity index (χ4n) is 4.20. The van der Waals surface area contributed by atoms with E-state index in [4.69, 9.17) is 4.98 Å². The van der Waals surface area contributed by atoms with Crippen molar-refractivity contribution in [2.45, 2.75) is 19.5 Å². The molecule has 3 heterocycles. The van der Waals surface area contributed by atoms with Crippen molar-refractivity contribution in [3.8, 4) is 0 Å². The van der Waals surface area contributed by atoms with Crippen LogP contribution in [0.2, 0.25) is 0 Å². The van der Waals surface area contributed by atoms with Gasteiger partial charge in [0.1, 0.15) is 0 Å². The maximum Gasteiger partial charge on any atom is 0.253 e. The van der Waals surface area contributed by atoms with E-state index in [0.29, 0.717) is 0 Å². The summed E-state index contributed by atoms with van der Waals surface area (Å²) in [6, 6.07) is 16.4. The minimum absolute atomic E-state index is 0.00723. The maximum atomic E-state index is 12.5. The molecule has 0 radical (unpaired) electrons. The van der Waals surface area contributed by atoms with Gasteiger partial charge in [-0.2, -0.15) is 0 Å². The van der Waals surface area contributed by atoms with Crippen LogP contribution in [0.1, 0.15) is 17.3 Å². The van der Waals surface area contributed by atoms with Gasteiger partial charge < -0.3 is 19.7 Å². The Morgan fingerprint density at radius 2 is 1.70 bits per heavy atom. The number of aromatic nitrogens is 2. The molecule has 138 valence electrons. The molecule has 2 aliphatic rings. The quantitative estimate of drug-likeness (QED) is 0.762. The van der Waals surface area contributed by atoms with E-state index in [9.17, 15) is 4.79 Å². The summed E-state index contributed by atoms with van der Waals surface area (Å²) in [5.41, 5.74) is 3.85. The lowest BCUT2D eigenvalue weighted by molar-refractivity contribution is 0.0942. The molecule has 1 saturated heterocycles. The highest BCUT2D eigenvalue weighted by molar-refractivity contribution is 6.06. The number of hydrogen-bond acceptors (Lipinski definition) is 4. The summed E-state index contributed by atoms with van der Waals surface area (Å²) in [4.78, 5) is 22.2. The minimum Gasteiger partial charge on any atom is -0.368 e. The zero-order valence-corrected chi connectivity index (χ0v) is 15.4. The first-order valence-corrected chi connectivity index (χ1v) is 9.56. The predicted molar refractivity (Wildman–Crippen MR) is 108 cm³/mol. The number of amides is 1. The lowest BCUT2D eigenvalue weighted by atomic mass is 10.1. The van der Waals surface area contributed by atoms with E-state index in [1.165, 1.54) is 5.69 Å². The first-order valence-electron chi connectivity index (χ1n) is 9.56. The van der Waals surface area contributed by atoms with Crippen molar-refractivity contribution in [1.29, 1.82) is 0 Å². The van der Waals surface area contributed by atoms with Crippen LogP contribution in [0, 0.1) is 0 Å². The average Bonchev–Trinajstić information content (AvgIpc) is 3.00. The summed E-state index contributed by atoms with van der Waals surface area (Å²) in [7, 11) is 0. The third-order valence-electron chi connectivity index (χ3n) is 5.51. The molecule has 1 fully saturated rings. The molecular formula is C21H23N5O. The van der Waals surface area contributed by atoms with Crippen LogP contribution in [0.5, 0.6) is 0 Å². The monoisotopic (exact) mass is 361 g/mol. The van der Waals surface area contributed by atoms with Crippen molar-refractivity contribution in [2.24, 2.45) is 0 Å². The first kappa shape index (κ1) is 16.2. The second-order valence-electron chi connectivity index (χ2n) is 7.38. The third kappa shape index (κ3) is 2.72. The fourth-order valence-corrected chi connectivity index (χ4v) is 4.20. The Morgan fingerprint density at radius 1 is 0.963 bits per heavy atom. The van der Waals surface area contributed by atoms with Crippen LogP contribution >= 0.6 is 0 Å². The van der Waals surface area contributed by atoms with Crippen LogP contribution in [0.3, 0.4) is 0 Å². The molecule has 6 heteroatoms. The molecule has 5 rings (SSSR count). The molecule has 1 unspecified atom stereocenters. The van der Waals surface area contributed by atoms with E-state index in [2.05, 4.69) is 50.0 Å². The van der Waals surface area contributed by atoms with Crippen LogP contribution < -0.4 is 15.1 Å². The summed E-state index contributed by atoms with van der Waals surface area (Å²) >= 11 is 0. The second kappa shape index (κ2) is 6.30. The molecule has 1 atom stereocenters. The number of anilines is 2. The Labute approximate surface area is 158 Å². The molecule has 1 N–H and O–H groups in total. The Balaban J connectivity index is 1.48. The zero-order chi connectivity index (χ0) is 18.4. The first-order chi connectivity index (χ1) is 13.2. The molecule has 0 spiro atoms. The number of hydrogen-bond donors (Lipinski definition) is 1. The number of carbonyl (C=O) groups excluding carboxylic acids is 1. The van der Waals surface area contributed by atoms with Gasteiger partial charge in [-0.25, -0.2) is 4.98 Å². The van der Waals surface area contributed by atoms with Crippen molar-refractivity contribution < 1.29 is 4.79 Å². The lowest BCUT2D eigenvalue weighted by Gasteiger charge is -2.37. The topological polar surface area (TPSA) is 53.4 Å². The number of nitrogens with one attached hydrogen (secondary N) is 1. The number of carbonyl (C=O) groups is 1. The van der Waals surface area contributed by atoms with Gasteiger partial charge in [0, 0.05) is 44.5 Å². The highest BCUT2D eigenvalue weighted by Crippen LogP contribution is 2.29. The molecule has 2 aliphatic heterocycles. The summed E-state index contributed by atoms with van der Waals surface area (Å²) in [5, 5.41) is 3.08. The van der Waals surface area contributed by atoms with Crippen molar-refractivity contribution in [1.82, 2.24) is 14.9 Å². The van der Waals surface area contributed by atoms with Crippen LogP contribution in [-0.4, -0.2) is 47.7 Å². The molecule has 27 heavy (non-hydrogen) atoms. The minimum atomic E-state index is -0.00723. The van der Waals surface area contributed by atoms with E-state index < -0.39 is 0 Å². The third-order valence-corrected chi connectivity index (χ3v) is 5.51. The van der Waals surface area contributed by atoms with E-state index in [0.717, 1.165) is 55.3 Å². The van der Waals surface area contributed by atoms with Gasteiger partial charge in [-0.05, 0) is 31.2 Å². The van der Waals surface area contributed by atoms with Crippen molar-refractivity contribution in [3.05, 3.63) is 54.1 Å². The summed E-state index contributed by atoms with van der Waals surface area (Å²) in [6.45, 7) is 6.56. The number of rotatable bonds is 2. The van der Waals surface area contributed by atoms with E-state index in [1.807, 2.05) is 25.1 Å². The summed E-state index contributed by atoms with van der Waals surface area (Å²) in [5.74, 6) is 0.973. The zero-order valence-electron chi connectivity index (χ0n) is 15.4. The maximum absolute atomic E-state index is 12.5. The predicted octanol–water partition coefficient (Wildman–Crippen LogP) is 2.49. The van der Waals surface area contributed by atoms with Crippen molar-refractivity contribution in [2.75, 3.05) is 36.0 Å². The molecule has 2 aromatic carbocycles. The molecule has 0 aliphatic carbocycles. The Kier molecular flexibility index (Phi) is 3.77. The summed E-state index contributed by atoms with van der Waals surface area (Å²) < 4.78 is 2.23. The normalized spacial score (nSPS) is 19.9. The molecular weight excluding hydrogens is 338 g/mol. The standard InChI is InChI=1S/C21H23N5O/c1-15-14-26-19-17(20(27)22-15)8-5-9-18(19)23-21(26)25-12-10-24(11-13-25)16-6-3-2-4-7-16/h2-9,15H,10-14H2,1H3,(H,22,27). The Hall–Kier alpha value is -3.02. The highest BCUT2D eigenvalue weighted by atomic mass is 16.1. The van der Waals surface area contributed by atoms with E-state index in [-0.39, 0.29) is 11.9 Å². The van der Waals surface area contributed by atoms with Gasteiger partial charge in [-0.15, -0.1) is 0 Å². The highest BCUT2D eigenvalue weighted by Gasteiger charge is 2.28. The van der Waals surface area contributed by atoms with E-state index in [1.54, 1.807) is 0 Å². The second-order valence-corrected chi connectivity index (χ2v) is 7.38. The van der Waals surface area contributed by atoms with Gasteiger partial charge >= 0.3 is 0 Å². The number of nitrogens with zero attached hydrogens (tertiary/aromatic N) is 4. The van der Waals surface area contributed by atoms with Gasteiger partial charge in [-0.3, -0.25) is 4.79 Å². The molecule has 0 bridgehead atoms. The largest absolute Gasteiger partial charge is 0.368 e. The molecule has 0 saturated carbocycles. The van der Waals surface area contributed by atoms with Crippen LogP contribution in [0.25, 0.3) is 11.0 Å². The smallest absolute Gasteiger partial charge is 0.253 e. The van der Waals surface area contributed by atoms with Gasteiger partial charge in [0.2, 0.25) is 5.95 Å². The SMILES string of the molecule is CC1Cn2c(N3CCN(c4ccccc4)CC3)nc3cccc(c32)C(=O)N1. The molecule has 1 amide bonds. The Bertz CT molecular complexity index is 988. The number of imidazole rings is 1. The number of para-hydroxylation sites is 2. The van der Waals surface area contributed by atoms with E-state index >= 15 is 0 Å². The fraction of sp³-hybridized carbons (Fsp3) is 0.333. The molecule has 1 aromatic heterocycles. The van der Waals surface area contributed by atoms with Crippen molar-refractivity contribution >= 4 is 28.6 Å². The van der Waals surface area contributed by atoms with Gasteiger partial charge in [0.05, 0.1) is 16.6 Å². The van der Waals surface area contributed by atoms with Crippen LogP contribution in [-0.2, 0) is 6.54 Å². The Morgan fingerprint density at radius 3 is 2.48 bits per heavy atom. The van der Waals surface area contributed by atoms with Gasteiger partial charge in [0.15, 0.2) is 0 Å². The molecule has 3 aromatic rings. The average molecular weight is 361 g/mol. The number of benzene rings is 2. The van der Waals surface area contributed by atoms with Gasteiger partial charge in [0.25, 0.3) is 5.91 Å². The number of piperazine rings is 1. The van der Waals surface area contributed by atoms with Gasteiger partial charge in [-0.1, -0.05) is 24.3 Å². The van der Waals surface area contributed by atoms with Crippen molar-refractivity contribution in [3.63, 3.8) is 0 Å². The molecule has 6 nitrogen and oxygen atoms in total. The van der Waals surface area contributed by atoms with Crippen LogP contribution in [0.15, 0.2) is 48.5 Å². The summed E-state index contributed by atoms with van der Waals surface area (Å²) in [6.07, 6.45) is 0.